The standard InChI is InChI=1S/C13H25N3O/c1-10(12-14-6-7-16(12)5)15-9-11(17)8-13(2,3)4/h6-7,10-11,15,17H,8-9H2,1-5H3. The second-order valence-corrected chi connectivity index (χ2v) is 5.94. The van der Waals surface area contributed by atoms with Crippen LogP contribution >= 0.6 is 0 Å². The van der Waals surface area contributed by atoms with Crippen molar-refractivity contribution in [1.82, 2.24) is 14.9 Å². The minimum Gasteiger partial charge on any atom is -0.392 e. The summed E-state index contributed by atoms with van der Waals surface area (Å²) in [6.45, 7) is 9.08. The lowest BCUT2D eigenvalue weighted by atomic mass is 9.89. The third-order valence-electron chi connectivity index (χ3n) is 2.75. The second kappa shape index (κ2) is 5.65. The minimum atomic E-state index is -0.308. The fourth-order valence-corrected chi connectivity index (χ4v) is 1.98. The zero-order chi connectivity index (χ0) is 13.1. The molecule has 0 fully saturated rings. The number of hydrogen-bond acceptors (Lipinski definition) is 3. The van der Waals surface area contributed by atoms with Crippen molar-refractivity contribution in [3.8, 4) is 0 Å². The summed E-state index contributed by atoms with van der Waals surface area (Å²) in [6, 6.07) is 0.157. The van der Waals surface area contributed by atoms with E-state index in [1.54, 1.807) is 6.20 Å². The number of rotatable bonds is 5. The van der Waals surface area contributed by atoms with Gasteiger partial charge in [0.25, 0.3) is 0 Å². The van der Waals surface area contributed by atoms with Crippen LogP contribution in [0.3, 0.4) is 0 Å². The fraction of sp³-hybridized carbons (Fsp3) is 0.769. The molecule has 98 valence electrons. The van der Waals surface area contributed by atoms with Crippen LogP contribution in [0.25, 0.3) is 0 Å². The molecule has 0 spiro atoms. The number of nitrogens with zero attached hydrogens (tertiary/aromatic N) is 2. The van der Waals surface area contributed by atoms with Crippen LogP contribution in [-0.2, 0) is 7.05 Å². The molecule has 1 rings (SSSR count). The molecule has 0 saturated heterocycles. The molecular weight excluding hydrogens is 214 g/mol. The number of aryl methyl sites for hydroxylation is 1. The average molecular weight is 239 g/mol. The average Bonchev–Trinajstić information content (AvgIpc) is 2.58. The highest BCUT2D eigenvalue weighted by Crippen LogP contribution is 2.20. The molecule has 1 heterocycles. The zero-order valence-electron chi connectivity index (χ0n) is 11.6. The van der Waals surface area contributed by atoms with E-state index in [1.807, 2.05) is 17.8 Å². The highest BCUT2D eigenvalue weighted by molar-refractivity contribution is 4.97. The summed E-state index contributed by atoms with van der Waals surface area (Å²) in [5, 5.41) is 13.2. The van der Waals surface area contributed by atoms with E-state index in [4.69, 9.17) is 0 Å². The summed E-state index contributed by atoms with van der Waals surface area (Å²) in [5.74, 6) is 0.993. The Labute approximate surface area is 104 Å². The third kappa shape index (κ3) is 4.88. The van der Waals surface area contributed by atoms with Gasteiger partial charge in [-0.3, -0.25) is 0 Å². The van der Waals surface area contributed by atoms with Crippen LogP contribution in [-0.4, -0.2) is 27.3 Å². The third-order valence-corrected chi connectivity index (χ3v) is 2.75. The van der Waals surface area contributed by atoms with Crippen LogP contribution in [0.1, 0.15) is 46.0 Å². The van der Waals surface area contributed by atoms with Gasteiger partial charge in [0.1, 0.15) is 5.82 Å². The van der Waals surface area contributed by atoms with E-state index in [9.17, 15) is 5.11 Å². The number of aromatic nitrogens is 2. The Morgan fingerprint density at radius 2 is 2.12 bits per heavy atom. The lowest BCUT2D eigenvalue weighted by Gasteiger charge is -2.23. The molecule has 0 aliphatic rings. The molecule has 0 aromatic carbocycles. The van der Waals surface area contributed by atoms with Crippen LogP contribution in [0.5, 0.6) is 0 Å². The SMILES string of the molecule is CC(NCC(O)CC(C)(C)C)c1nccn1C. The molecular formula is C13H25N3O. The molecule has 0 aliphatic heterocycles. The van der Waals surface area contributed by atoms with Gasteiger partial charge >= 0.3 is 0 Å². The number of aliphatic hydroxyl groups excluding tert-OH is 1. The summed E-state index contributed by atoms with van der Waals surface area (Å²) in [6.07, 6.45) is 4.21. The first-order chi connectivity index (χ1) is 7.79. The van der Waals surface area contributed by atoms with Gasteiger partial charge in [-0.1, -0.05) is 20.8 Å². The summed E-state index contributed by atoms with van der Waals surface area (Å²) in [7, 11) is 1.98. The molecule has 2 unspecified atom stereocenters. The van der Waals surface area contributed by atoms with E-state index in [2.05, 4.69) is 38.0 Å². The number of aliphatic hydroxyl groups is 1. The molecule has 1 aromatic heterocycles. The Bertz CT molecular complexity index is 341. The first-order valence-corrected chi connectivity index (χ1v) is 6.18. The smallest absolute Gasteiger partial charge is 0.125 e. The Balaban J connectivity index is 2.39. The van der Waals surface area contributed by atoms with Crippen LogP contribution in [0.4, 0.5) is 0 Å². The molecule has 0 saturated carbocycles. The topological polar surface area (TPSA) is 50.1 Å². The number of hydrogen-bond donors (Lipinski definition) is 2. The molecule has 0 amide bonds. The Morgan fingerprint density at radius 3 is 2.59 bits per heavy atom. The molecule has 2 N–H and O–H groups in total. The molecule has 1 aromatic rings. The van der Waals surface area contributed by atoms with E-state index < -0.39 is 0 Å². The molecule has 0 radical (unpaired) electrons. The fourth-order valence-electron chi connectivity index (χ4n) is 1.98. The maximum Gasteiger partial charge on any atom is 0.125 e. The minimum absolute atomic E-state index is 0.157. The van der Waals surface area contributed by atoms with Crippen molar-refractivity contribution >= 4 is 0 Å². The quantitative estimate of drug-likeness (QED) is 0.824. The first kappa shape index (κ1) is 14.2. The van der Waals surface area contributed by atoms with Crippen molar-refractivity contribution in [3.05, 3.63) is 18.2 Å². The van der Waals surface area contributed by atoms with E-state index in [1.165, 1.54) is 0 Å². The van der Waals surface area contributed by atoms with Crippen molar-refractivity contribution in [1.29, 1.82) is 0 Å². The van der Waals surface area contributed by atoms with E-state index in [0.717, 1.165) is 12.2 Å². The van der Waals surface area contributed by atoms with Gasteiger partial charge < -0.3 is 15.0 Å². The highest BCUT2D eigenvalue weighted by Gasteiger charge is 2.18. The number of nitrogens with one attached hydrogen (secondary N) is 1. The lowest BCUT2D eigenvalue weighted by molar-refractivity contribution is 0.116. The van der Waals surface area contributed by atoms with Gasteiger partial charge in [-0.2, -0.15) is 0 Å². The van der Waals surface area contributed by atoms with Gasteiger partial charge in [-0.15, -0.1) is 0 Å². The van der Waals surface area contributed by atoms with Crippen LogP contribution in [0, 0.1) is 5.41 Å². The van der Waals surface area contributed by atoms with Crippen LogP contribution in [0.15, 0.2) is 12.4 Å². The lowest BCUT2D eigenvalue weighted by Crippen LogP contribution is -2.32. The predicted molar refractivity (Wildman–Crippen MR) is 69.7 cm³/mol. The largest absolute Gasteiger partial charge is 0.392 e. The number of imidazole rings is 1. The second-order valence-electron chi connectivity index (χ2n) is 5.94. The first-order valence-electron chi connectivity index (χ1n) is 6.18. The van der Waals surface area contributed by atoms with Gasteiger partial charge in [0.15, 0.2) is 0 Å². The van der Waals surface area contributed by atoms with Crippen molar-refractivity contribution in [3.63, 3.8) is 0 Å². The summed E-state index contributed by atoms with van der Waals surface area (Å²) in [4.78, 5) is 4.29. The van der Waals surface area contributed by atoms with Gasteiger partial charge in [0, 0.05) is 26.0 Å². The molecule has 4 nitrogen and oxygen atoms in total. The predicted octanol–water partition coefficient (Wildman–Crippen LogP) is 1.87. The normalized spacial score (nSPS) is 15.9. The Kier molecular flexibility index (Phi) is 4.71. The van der Waals surface area contributed by atoms with Crippen molar-refractivity contribution in [2.24, 2.45) is 12.5 Å². The van der Waals surface area contributed by atoms with Crippen molar-refractivity contribution < 1.29 is 5.11 Å². The molecule has 0 bridgehead atoms. The highest BCUT2D eigenvalue weighted by atomic mass is 16.3. The van der Waals surface area contributed by atoms with Gasteiger partial charge in [0.2, 0.25) is 0 Å². The van der Waals surface area contributed by atoms with Gasteiger partial charge in [-0.05, 0) is 18.8 Å². The van der Waals surface area contributed by atoms with Crippen LogP contribution < -0.4 is 5.32 Å². The summed E-state index contributed by atoms with van der Waals surface area (Å²) < 4.78 is 1.99. The summed E-state index contributed by atoms with van der Waals surface area (Å²) >= 11 is 0. The molecule has 4 heteroatoms. The monoisotopic (exact) mass is 239 g/mol. The van der Waals surface area contributed by atoms with Gasteiger partial charge in [-0.25, -0.2) is 4.98 Å². The molecule has 0 aliphatic carbocycles. The van der Waals surface area contributed by atoms with Crippen molar-refractivity contribution in [2.45, 2.75) is 46.3 Å². The van der Waals surface area contributed by atoms with E-state index >= 15 is 0 Å². The molecule has 2 atom stereocenters. The van der Waals surface area contributed by atoms with Crippen molar-refractivity contribution in [2.75, 3.05) is 6.54 Å². The maximum atomic E-state index is 9.91. The maximum absolute atomic E-state index is 9.91. The van der Waals surface area contributed by atoms with E-state index in [-0.39, 0.29) is 17.6 Å². The summed E-state index contributed by atoms with van der Waals surface area (Å²) in [5.41, 5.74) is 0.160. The van der Waals surface area contributed by atoms with Gasteiger partial charge in [0.05, 0.1) is 12.1 Å². The van der Waals surface area contributed by atoms with Crippen LogP contribution in [0.2, 0.25) is 0 Å². The zero-order valence-corrected chi connectivity index (χ0v) is 11.6. The van der Waals surface area contributed by atoms with E-state index in [0.29, 0.717) is 6.54 Å². The molecule has 17 heavy (non-hydrogen) atoms. The Morgan fingerprint density at radius 1 is 1.47 bits per heavy atom. The Hall–Kier alpha value is -0.870.